The topological polar surface area (TPSA) is 64.8 Å². The van der Waals surface area contributed by atoms with Crippen LogP contribution >= 0.6 is 22.3 Å². The Labute approximate surface area is 319 Å². The lowest BCUT2D eigenvalue weighted by Crippen LogP contribution is -2.19. The van der Waals surface area contributed by atoms with Crippen LogP contribution in [0.25, 0.3) is 0 Å². The van der Waals surface area contributed by atoms with E-state index in [0.717, 1.165) is 32.6 Å². The van der Waals surface area contributed by atoms with Gasteiger partial charge in [-0.1, -0.05) is 127 Å². The third-order valence-electron chi connectivity index (χ3n) is 8.69. The maximum absolute atomic E-state index is 7.43. The standard InChI is InChI=1S/C45H42N3O3P3/c1-4-22-37-25-16-19-34-43(37)49-52(40-28-10-7-11-29-40)46-53(41-30-12-8-13-31-41,50-44-35-20-17-26-38(44)23-5-2)48-54(47-52,42-32-14-9-15-33-42)51-45-36-21-18-27-39(45)24-6-3/h4-21,25-36H,1-3,22-24H2. The van der Waals surface area contributed by atoms with Gasteiger partial charge in [0.25, 0.3) is 22.3 Å². The molecule has 0 aromatic heterocycles. The lowest BCUT2D eigenvalue weighted by Gasteiger charge is -2.36. The molecule has 0 radical (unpaired) electrons. The summed E-state index contributed by atoms with van der Waals surface area (Å²) in [5, 5.41) is 2.46. The second kappa shape index (κ2) is 16.8. The van der Waals surface area contributed by atoms with Crippen LogP contribution in [0, 0.1) is 0 Å². The van der Waals surface area contributed by atoms with Crippen LogP contribution < -0.4 is 29.5 Å². The van der Waals surface area contributed by atoms with Crippen molar-refractivity contribution < 1.29 is 13.6 Å². The second-order valence-corrected chi connectivity index (χ2v) is 20.0. The quantitative estimate of drug-likeness (QED) is 0.0772. The van der Waals surface area contributed by atoms with Crippen LogP contribution in [0.5, 0.6) is 17.2 Å². The summed E-state index contributed by atoms with van der Waals surface area (Å²) in [6, 6.07) is 54.2. The van der Waals surface area contributed by atoms with Crippen LogP contribution in [0.2, 0.25) is 0 Å². The Morgan fingerprint density at radius 1 is 0.352 bits per heavy atom. The molecule has 0 aliphatic carbocycles. The Balaban J connectivity index is 1.68. The maximum Gasteiger partial charge on any atom is 0.288 e. The average molecular weight is 766 g/mol. The number of hydrogen-bond donors (Lipinski definition) is 0. The first-order valence-corrected chi connectivity index (χ1v) is 22.6. The van der Waals surface area contributed by atoms with E-state index in [0.29, 0.717) is 36.5 Å². The minimum Gasteiger partial charge on any atom is -0.438 e. The molecule has 0 bridgehead atoms. The lowest BCUT2D eigenvalue weighted by molar-refractivity contribution is 0.583. The molecule has 0 unspecified atom stereocenters. The van der Waals surface area contributed by atoms with Gasteiger partial charge < -0.3 is 13.6 Å². The number of para-hydroxylation sites is 3. The molecule has 0 atom stereocenters. The fraction of sp³-hybridized carbons (Fsp3) is 0.0667. The Morgan fingerprint density at radius 3 is 0.852 bits per heavy atom. The summed E-state index contributed by atoms with van der Waals surface area (Å²) in [5.74, 6) is 2.00. The monoisotopic (exact) mass is 765 g/mol. The Morgan fingerprint density at radius 2 is 0.593 bits per heavy atom. The summed E-state index contributed by atoms with van der Waals surface area (Å²) in [6.45, 7) is 12.1. The zero-order valence-corrected chi connectivity index (χ0v) is 32.7. The van der Waals surface area contributed by atoms with Crippen molar-refractivity contribution in [2.24, 2.45) is 13.5 Å². The normalized spacial score (nSPS) is 20.2. The molecule has 270 valence electrons. The molecule has 0 saturated heterocycles. The zero-order valence-electron chi connectivity index (χ0n) is 30.0. The van der Waals surface area contributed by atoms with Gasteiger partial charge in [0.05, 0.1) is 15.9 Å². The molecule has 9 heteroatoms. The van der Waals surface area contributed by atoms with Gasteiger partial charge in [-0.25, -0.2) is 0 Å². The number of rotatable bonds is 15. The minimum absolute atomic E-state index is 0.601. The first-order valence-electron chi connectivity index (χ1n) is 17.8. The molecule has 0 amide bonds. The number of allylic oxidation sites excluding steroid dienone is 3. The third-order valence-corrected chi connectivity index (χ3v) is 18.8. The molecule has 54 heavy (non-hydrogen) atoms. The summed E-state index contributed by atoms with van der Waals surface area (Å²) < 4.78 is 39.8. The molecule has 1 heterocycles. The van der Waals surface area contributed by atoms with Gasteiger partial charge in [0, 0.05) is 0 Å². The summed E-state index contributed by atoms with van der Waals surface area (Å²) in [6.07, 6.45) is 7.44. The summed E-state index contributed by atoms with van der Waals surface area (Å²) in [7, 11) is -10.5. The molecule has 7 rings (SSSR count). The van der Waals surface area contributed by atoms with E-state index in [4.69, 9.17) is 27.1 Å². The number of nitrogens with zero attached hydrogens (tertiary/aromatic N) is 3. The van der Waals surface area contributed by atoms with Crippen molar-refractivity contribution in [3.8, 4) is 17.2 Å². The smallest absolute Gasteiger partial charge is 0.288 e. The van der Waals surface area contributed by atoms with E-state index in [2.05, 4.69) is 37.9 Å². The third kappa shape index (κ3) is 7.79. The van der Waals surface area contributed by atoms with Gasteiger partial charge in [-0.15, -0.1) is 19.7 Å². The van der Waals surface area contributed by atoms with E-state index < -0.39 is 22.3 Å². The molecule has 0 spiro atoms. The summed E-state index contributed by atoms with van der Waals surface area (Å²) >= 11 is 0. The van der Waals surface area contributed by atoms with Crippen molar-refractivity contribution in [3.63, 3.8) is 0 Å². The minimum atomic E-state index is -3.49. The average Bonchev–Trinajstić information content (AvgIpc) is 3.21. The van der Waals surface area contributed by atoms with Crippen molar-refractivity contribution in [2.75, 3.05) is 0 Å². The fourth-order valence-corrected chi connectivity index (χ4v) is 18.2. The van der Waals surface area contributed by atoms with Gasteiger partial charge in [-0.05, 0) is 90.6 Å². The largest absolute Gasteiger partial charge is 0.438 e. The fourth-order valence-electron chi connectivity index (χ4n) is 6.15. The van der Waals surface area contributed by atoms with Gasteiger partial charge in [0.1, 0.15) is 17.2 Å². The van der Waals surface area contributed by atoms with Crippen molar-refractivity contribution in [1.29, 1.82) is 0 Å². The predicted molar refractivity (Wildman–Crippen MR) is 229 cm³/mol. The molecular weight excluding hydrogens is 723 g/mol. The van der Waals surface area contributed by atoms with E-state index >= 15 is 0 Å². The van der Waals surface area contributed by atoms with Crippen LogP contribution in [0.4, 0.5) is 0 Å². The molecule has 6 nitrogen and oxygen atoms in total. The molecule has 1 aliphatic rings. The van der Waals surface area contributed by atoms with Crippen LogP contribution in [0.3, 0.4) is 0 Å². The van der Waals surface area contributed by atoms with E-state index in [1.54, 1.807) is 0 Å². The predicted octanol–water partition coefficient (Wildman–Crippen LogP) is 12.5. The van der Waals surface area contributed by atoms with Gasteiger partial charge >= 0.3 is 0 Å². The van der Waals surface area contributed by atoms with Gasteiger partial charge in [-0.2, -0.15) is 13.5 Å². The first kappa shape index (κ1) is 37.0. The first-order chi connectivity index (χ1) is 26.5. The van der Waals surface area contributed by atoms with Crippen LogP contribution in [-0.4, -0.2) is 0 Å². The highest BCUT2D eigenvalue weighted by Gasteiger charge is 2.45. The lowest BCUT2D eigenvalue weighted by atomic mass is 10.1. The summed E-state index contributed by atoms with van der Waals surface area (Å²) in [4.78, 5) is 0. The Bertz CT molecular complexity index is 2160. The SMILES string of the molecule is C=CCc1ccccc1OP1(c2ccccc2)=NP(Oc2ccccc2CC=C)(c2ccccc2)=NP(Oc2ccccc2CC=C)(c2ccccc2)=N1. The van der Waals surface area contributed by atoms with E-state index in [9.17, 15) is 0 Å². The summed E-state index contributed by atoms with van der Waals surface area (Å²) in [5.41, 5.74) is 2.91. The van der Waals surface area contributed by atoms with E-state index in [-0.39, 0.29) is 0 Å². The van der Waals surface area contributed by atoms with Crippen LogP contribution in [-0.2, 0) is 19.3 Å². The molecule has 1 aliphatic heterocycles. The molecule has 6 aromatic carbocycles. The van der Waals surface area contributed by atoms with Crippen molar-refractivity contribution in [2.45, 2.75) is 19.3 Å². The van der Waals surface area contributed by atoms with Crippen molar-refractivity contribution in [3.05, 3.63) is 218 Å². The molecule has 6 aromatic rings. The second-order valence-electron chi connectivity index (χ2n) is 12.5. The highest BCUT2D eigenvalue weighted by Crippen LogP contribution is 2.77. The zero-order chi connectivity index (χ0) is 37.3. The molecular formula is C45H42N3O3P3. The van der Waals surface area contributed by atoms with E-state index in [1.165, 1.54) is 0 Å². The number of hydrogen-bond acceptors (Lipinski definition) is 6. The van der Waals surface area contributed by atoms with Crippen LogP contribution in [0.15, 0.2) is 215 Å². The van der Waals surface area contributed by atoms with Gasteiger partial charge in [0.2, 0.25) is 0 Å². The van der Waals surface area contributed by atoms with Gasteiger partial charge in [-0.3, -0.25) is 0 Å². The maximum atomic E-state index is 7.43. The van der Waals surface area contributed by atoms with Crippen molar-refractivity contribution in [1.82, 2.24) is 0 Å². The van der Waals surface area contributed by atoms with Crippen molar-refractivity contribution >= 4 is 38.2 Å². The van der Waals surface area contributed by atoms with Crippen LogP contribution in [0.1, 0.15) is 16.7 Å². The molecule has 0 fully saturated rings. The van der Waals surface area contributed by atoms with Gasteiger partial charge in [0.15, 0.2) is 0 Å². The Kier molecular flexibility index (Phi) is 11.5. The highest BCUT2D eigenvalue weighted by molar-refractivity contribution is 7.90. The molecule has 0 saturated carbocycles. The highest BCUT2D eigenvalue weighted by atomic mass is 31.3. The number of benzene rings is 6. The molecule has 0 N–H and O–H groups in total. The van der Waals surface area contributed by atoms with E-state index in [1.807, 2.05) is 164 Å². The Hall–Kier alpha value is -5.37.